The van der Waals surface area contributed by atoms with E-state index < -0.39 is 17.5 Å². The van der Waals surface area contributed by atoms with E-state index >= 15 is 0 Å². The van der Waals surface area contributed by atoms with Crippen molar-refractivity contribution in [2.75, 3.05) is 0 Å². The number of esters is 1. The van der Waals surface area contributed by atoms with Crippen molar-refractivity contribution in [3.8, 4) is 17.0 Å². The van der Waals surface area contributed by atoms with Crippen LogP contribution in [0, 0.1) is 6.92 Å². The highest BCUT2D eigenvalue weighted by Crippen LogP contribution is 2.33. The predicted molar refractivity (Wildman–Crippen MR) is 120 cm³/mol. The van der Waals surface area contributed by atoms with Crippen molar-refractivity contribution >= 4 is 17.5 Å². The molecule has 3 heterocycles. The molecule has 0 fully saturated rings. The summed E-state index contributed by atoms with van der Waals surface area (Å²) in [5.74, 6) is -1.63. The van der Waals surface area contributed by atoms with E-state index in [1.54, 1.807) is 28.9 Å². The Hall–Kier alpha value is -4.40. The Morgan fingerprint density at radius 1 is 1.15 bits per heavy atom. The van der Waals surface area contributed by atoms with E-state index in [1.165, 1.54) is 19.2 Å². The van der Waals surface area contributed by atoms with E-state index in [-0.39, 0.29) is 39.7 Å². The summed E-state index contributed by atoms with van der Waals surface area (Å²) in [5, 5.41) is 8.32. The second kappa shape index (κ2) is 8.51. The minimum absolute atomic E-state index is 0.0111. The molecule has 0 saturated carbocycles. The fourth-order valence-corrected chi connectivity index (χ4v) is 3.91. The van der Waals surface area contributed by atoms with Crippen LogP contribution in [0.2, 0.25) is 0 Å². The van der Waals surface area contributed by atoms with Crippen LogP contribution in [0.25, 0.3) is 11.3 Å². The molecule has 5 rings (SSSR count). The first-order chi connectivity index (χ1) is 16.5. The number of carbonyl (C=O) groups is 3. The van der Waals surface area contributed by atoms with Gasteiger partial charge in [0.2, 0.25) is 11.6 Å². The molecule has 0 spiro atoms. The van der Waals surface area contributed by atoms with Crippen molar-refractivity contribution in [1.82, 2.24) is 20.0 Å². The van der Waals surface area contributed by atoms with Gasteiger partial charge in [0, 0.05) is 18.3 Å². The van der Waals surface area contributed by atoms with Crippen LogP contribution < -0.4 is 4.74 Å². The second-order valence-corrected chi connectivity index (χ2v) is 7.93. The summed E-state index contributed by atoms with van der Waals surface area (Å²) in [6, 6.07) is 9.92. The number of unbranched alkanes of at least 4 members (excludes halogenated alkanes) is 1. The highest BCUT2D eigenvalue weighted by Gasteiger charge is 2.39. The third-order valence-corrected chi connectivity index (χ3v) is 5.61. The lowest BCUT2D eigenvalue weighted by Crippen LogP contribution is -2.23. The van der Waals surface area contributed by atoms with Gasteiger partial charge in [-0.1, -0.05) is 30.7 Å². The summed E-state index contributed by atoms with van der Waals surface area (Å²) in [6.07, 6.45) is 5.30. The molecule has 0 amide bonds. The number of aryl methyl sites for hydroxylation is 2. The molecule has 0 aliphatic heterocycles. The average Bonchev–Trinajstić information content (AvgIpc) is 3.46. The molecule has 9 heteroatoms. The number of ether oxygens (including phenoxy) is 1. The highest BCUT2D eigenvalue weighted by atomic mass is 16.5. The number of hydrogen-bond acceptors (Lipinski definition) is 8. The van der Waals surface area contributed by atoms with E-state index in [4.69, 9.17) is 9.15 Å². The topological polar surface area (TPSA) is 117 Å². The van der Waals surface area contributed by atoms with Gasteiger partial charge in [-0.25, -0.2) is 4.79 Å². The Morgan fingerprint density at radius 3 is 2.82 bits per heavy atom. The summed E-state index contributed by atoms with van der Waals surface area (Å²) in [7, 11) is 0. The van der Waals surface area contributed by atoms with Gasteiger partial charge in [0.15, 0.2) is 5.76 Å². The monoisotopic (exact) mass is 456 g/mol. The smallest absolute Gasteiger partial charge is 0.347 e. The summed E-state index contributed by atoms with van der Waals surface area (Å²) in [4.78, 5) is 43.0. The number of carbonyl (C=O) groups excluding carboxylic acids is 3. The number of furan rings is 1. The molecule has 3 aromatic heterocycles. The molecule has 0 unspecified atom stereocenters. The molecule has 0 atom stereocenters. The SMILES string of the molecule is CCCCn1cc(-c2cccc(OC(=O)c3c(C)oc4c3C(=O)c3ncccc3C4=O)c2)nn1. The largest absolute Gasteiger partial charge is 0.456 e. The van der Waals surface area contributed by atoms with Crippen LogP contribution in [0.5, 0.6) is 5.75 Å². The molecule has 0 saturated heterocycles. The summed E-state index contributed by atoms with van der Waals surface area (Å²) < 4.78 is 12.9. The molecule has 0 N–H and O–H groups in total. The van der Waals surface area contributed by atoms with Gasteiger partial charge in [0.05, 0.1) is 17.3 Å². The minimum atomic E-state index is -0.799. The molecule has 34 heavy (non-hydrogen) atoms. The lowest BCUT2D eigenvalue weighted by Gasteiger charge is -2.12. The molecular weight excluding hydrogens is 436 g/mol. The minimum Gasteiger partial charge on any atom is -0.456 e. The van der Waals surface area contributed by atoms with Crippen LogP contribution in [0.4, 0.5) is 0 Å². The van der Waals surface area contributed by atoms with Crippen molar-refractivity contribution in [2.45, 2.75) is 33.2 Å². The Morgan fingerprint density at radius 2 is 2.00 bits per heavy atom. The first-order valence-corrected chi connectivity index (χ1v) is 10.9. The summed E-state index contributed by atoms with van der Waals surface area (Å²) >= 11 is 0. The number of benzene rings is 1. The van der Waals surface area contributed by atoms with Gasteiger partial charge >= 0.3 is 5.97 Å². The number of aromatic nitrogens is 4. The number of rotatable bonds is 6. The van der Waals surface area contributed by atoms with Crippen LogP contribution in [-0.4, -0.2) is 37.5 Å². The number of hydrogen-bond donors (Lipinski definition) is 0. The third-order valence-electron chi connectivity index (χ3n) is 5.61. The first kappa shape index (κ1) is 21.4. The van der Waals surface area contributed by atoms with E-state index in [1.807, 2.05) is 12.3 Å². The van der Waals surface area contributed by atoms with Crippen LogP contribution >= 0.6 is 0 Å². The molecule has 0 bridgehead atoms. The van der Waals surface area contributed by atoms with E-state index in [0.29, 0.717) is 5.69 Å². The molecule has 1 aromatic carbocycles. The molecule has 4 aromatic rings. The Balaban J connectivity index is 1.44. The van der Waals surface area contributed by atoms with Gasteiger partial charge in [0.25, 0.3) is 0 Å². The lowest BCUT2D eigenvalue weighted by atomic mass is 9.90. The Labute approximate surface area is 194 Å². The Bertz CT molecular complexity index is 1450. The van der Waals surface area contributed by atoms with Crippen molar-refractivity contribution in [2.24, 2.45) is 0 Å². The molecule has 9 nitrogen and oxygen atoms in total. The predicted octanol–water partition coefficient (Wildman–Crippen LogP) is 4.04. The lowest BCUT2D eigenvalue weighted by molar-refractivity contribution is 0.0729. The van der Waals surface area contributed by atoms with Gasteiger partial charge < -0.3 is 9.15 Å². The zero-order chi connectivity index (χ0) is 23.8. The quantitative estimate of drug-likeness (QED) is 0.278. The number of ketones is 2. The molecule has 0 radical (unpaired) electrons. The van der Waals surface area contributed by atoms with Gasteiger partial charge in [-0.3, -0.25) is 19.3 Å². The summed E-state index contributed by atoms with van der Waals surface area (Å²) in [5.41, 5.74) is 1.31. The summed E-state index contributed by atoms with van der Waals surface area (Å²) in [6.45, 7) is 4.39. The van der Waals surface area contributed by atoms with Crippen LogP contribution in [-0.2, 0) is 6.54 Å². The van der Waals surface area contributed by atoms with E-state index in [0.717, 1.165) is 24.9 Å². The maximum Gasteiger partial charge on any atom is 0.347 e. The first-order valence-electron chi connectivity index (χ1n) is 10.9. The number of pyridine rings is 1. The number of fused-ring (bicyclic) bond motifs is 2. The Kier molecular flexibility index (Phi) is 5.37. The highest BCUT2D eigenvalue weighted by molar-refractivity contribution is 6.29. The standard InChI is InChI=1S/C25H20N4O5/c1-3-4-11-29-13-18(27-28-29)15-7-5-8-16(12-15)34-25(32)19-14(2)33-24-20(19)23(31)21-17(22(24)30)9-6-10-26-21/h5-10,12-13H,3-4,11H2,1-2H3. The third kappa shape index (κ3) is 3.61. The zero-order valence-electron chi connectivity index (χ0n) is 18.6. The average molecular weight is 456 g/mol. The molecule has 1 aliphatic carbocycles. The van der Waals surface area contributed by atoms with Gasteiger partial charge in [0.1, 0.15) is 28.5 Å². The molecule has 170 valence electrons. The fraction of sp³-hybridized carbons (Fsp3) is 0.200. The maximum atomic E-state index is 13.1. The van der Waals surface area contributed by atoms with Crippen molar-refractivity contribution < 1.29 is 23.5 Å². The van der Waals surface area contributed by atoms with Crippen molar-refractivity contribution in [3.05, 3.63) is 82.7 Å². The van der Waals surface area contributed by atoms with E-state index in [2.05, 4.69) is 22.2 Å². The van der Waals surface area contributed by atoms with Crippen LogP contribution in [0.15, 0.2) is 53.2 Å². The zero-order valence-corrected chi connectivity index (χ0v) is 18.6. The van der Waals surface area contributed by atoms with Gasteiger partial charge in [-0.2, -0.15) is 0 Å². The number of nitrogens with zero attached hydrogens (tertiary/aromatic N) is 4. The van der Waals surface area contributed by atoms with Crippen LogP contribution in [0.1, 0.15) is 68.1 Å². The van der Waals surface area contributed by atoms with Crippen LogP contribution in [0.3, 0.4) is 0 Å². The van der Waals surface area contributed by atoms with Crippen molar-refractivity contribution in [3.63, 3.8) is 0 Å². The van der Waals surface area contributed by atoms with Gasteiger partial charge in [-0.05, 0) is 37.6 Å². The maximum absolute atomic E-state index is 13.1. The fourth-order valence-electron chi connectivity index (χ4n) is 3.91. The van der Waals surface area contributed by atoms with Gasteiger partial charge in [-0.15, -0.1) is 5.10 Å². The normalized spacial score (nSPS) is 12.4. The van der Waals surface area contributed by atoms with E-state index in [9.17, 15) is 14.4 Å². The molecular formula is C25H20N4O5. The molecule has 1 aliphatic rings. The van der Waals surface area contributed by atoms with Crippen molar-refractivity contribution in [1.29, 1.82) is 0 Å². The second-order valence-electron chi connectivity index (χ2n) is 7.93.